The van der Waals surface area contributed by atoms with Crippen LogP contribution >= 0.6 is 11.3 Å². The molecule has 4 nitrogen and oxygen atoms in total. The van der Waals surface area contributed by atoms with Crippen molar-refractivity contribution in [1.82, 2.24) is 10.2 Å². The first-order valence-electron chi connectivity index (χ1n) is 9.55. The first kappa shape index (κ1) is 19.5. The van der Waals surface area contributed by atoms with Crippen LogP contribution in [-0.2, 0) is 22.8 Å². The molecule has 0 radical (unpaired) electrons. The molecule has 29 heavy (non-hydrogen) atoms. The van der Waals surface area contributed by atoms with Gasteiger partial charge in [0.25, 0.3) is 0 Å². The molecule has 0 saturated carbocycles. The average Bonchev–Trinajstić information content (AvgIpc) is 3.28. The molecule has 0 fully saturated rings. The van der Waals surface area contributed by atoms with Crippen molar-refractivity contribution in [1.29, 1.82) is 0 Å². The van der Waals surface area contributed by atoms with Crippen molar-refractivity contribution in [2.24, 2.45) is 0 Å². The Labute approximate surface area is 174 Å². The highest BCUT2D eigenvalue weighted by molar-refractivity contribution is 7.17. The van der Waals surface area contributed by atoms with E-state index in [1.165, 1.54) is 23.8 Å². The molecule has 0 N–H and O–H groups in total. The largest absolute Gasteiger partial charge is 0.240 e. The summed E-state index contributed by atoms with van der Waals surface area (Å²) in [4.78, 5) is 9.59. The van der Waals surface area contributed by atoms with Gasteiger partial charge in [0.2, 0.25) is 0 Å². The number of rotatable bonds is 7. The third kappa shape index (κ3) is 4.59. The number of benzene rings is 3. The van der Waals surface area contributed by atoms with E-state index in [-0.39, 0.29) is 0 Å². The van der Waals surface area contributed by atoms with E-state index in [0.29, 0.717) is 6.61 Å². The highest BCUT2D eigenvalue weighted by atomic mass is 32.1. The Morgan fingerprint density at radius 3 is 1.62 bits per heavy atom. The van der Waals surface area contributed by atoms with E-state index in [2.05, 4.69) is 70.5 Å². The van der Waals surface area contributed by atoms with Gasteiger partial charge in [0.15, 0.2) is 0 Å². The summed E-state index contributed by atoms with van der Waals surface area (Å²) in [5.41, 5.74) is 6.95. The van der Waals surface area contributed by atoms with Crippen molar-refractivity contribution in [3.8, 4) is 32.3 Å². The van der Waals surface area contributed by atoms with Crippen LogP contribution < -0.4 is 0 Å². The zero-order valence-electron chi connectivity index (χ0n) is 16.5. The van der Waals surface area contributed by atoms with Crippen LogP contribution in [0.15, 0.2) is 72.8 Å². The molecule has 0 bridgehead atoms. The van der Waals surface area contributed by atoms with Gasteiger partial charge in [0.1, 0.15) is 16.6 Å². The van der Waals surface area contributed by atoms with E-state index in [1.54, 1.807) is 11.3 Å². The van der Waals surface area contributed by atoms with Crippen LogP contribution in [-0.4, -0.2) is 17.3 Å². The minimum absolute atomic E-state index is 0.422. The van der Waals surface area contributed by atoms with Crippen molar-refractivity contribution < 1.29 is 9.78 Å². The standard InChI is InChI=1S/C24H22N2O2S/c1-3-17-4-8-19(9-5-17)20-12-14-22(15-13-20)24-26-25-23(29-24)21-10-6-18(7-11-21)16-28-27-2/h4-15H,3,16H2,1-2H3. The zero-order valence-corrected chi connectivity index (χ0v) is 17.3. The van der Waals surface area contributed by atoms with Gasteiger partial charge in [-0.1, -0.05) is 91.1 Å². The van der Waals surface area contributed by atoms with Crippen molar-refractivity contribution in [2.45, 2.75) is 20.0 Å². The lowest BCUT2D eigenvalue weighted by molar-refractivity contribution is -0.282. The molecule has 4 rings (SSSR count). The minimum Gasteiger partial charge on any atom is -0.240 e. The van der Waals surface area contributed by atoms with Gasteiger partial charge in [-0.15, -0.1) is 10.2 Å². The van der Waals surface area contributed by atoms with E-state index in [0.717, 1.165) is 33.1 Å². The van der Waals surface area contributed by atoms with E-state index in [4.69, 9.17) is 4.89 Å². The van der Waals surface area contributed by atoms with Gasteiger partial charge in [-0.3, -0.25) is 0 Å². The highest BCUT2D eigenvalue weighted by Crippen LogP contribution is 2.31. The summed E-state index contributed by atoms with van der Waals surface area (Å²) in [5, 5.41) is 10.6. The Morgan fingerprint density at radius 1 is 0.655 bits per heavy atom. The van der Waals surface area contributed by atoms with Crippen molar-refractivity contribution in [2.75, 3.05) is 7.11 Å². The van der Waals surface area contributed by atoms with Gasteiger partial charge >= 0.3 is 0 Å². The third-order valence-electron chi connectivity index (χ3n) is 4.80. The Kier molecular flexibility index (Phi) is 6.10. The summed E-state index contributed by atoms with van der Waals surface area (Å²) >= 11 is 1.59. The zero-order chi connectivity index (χ0) is 20.1. The summed E-state index contributed by atoms with van der Waals surface area (Å²) in [6.45, 7) is 2.59. The lowest BCUT2D eigenvalue weighted by Gasteiger charge is -2.04. The Hall–Kier alpha value is -2.86. The van der Waals surface area contributed by atoms with Crippen LogP contribution in [0.1, 0.15) is 18.1 Å². The summed E-state index contributed by atoms with van der Waals surface area (Å²) in [7, 11) is 1.51. The van der Waals surface area contributed by atoms with Crippen LogP contribution in [0.3, 0.4) is 0 Å². The maximum atomic E-state index is 4.95. The van der Waals surface area contributed by atoms with Crippen LogP contribution in [0.4, 0.5) is 0 Å². The predicted molar refractivity (Wildman–Crippen MR) is 117 cm³/mol. The normalized spacial score (nSPS) is 11.0. The van der Waals surface area contributed by atoms with Crippen LogP contribution in [0.2, 0.25) is 0 Å². The van der Waals surface area contributed by atoms with Gasteiger partial charge in [-0.2, -0.15) is 0 Å². The SMILES string of the molecule is CCc1ccc(-c2ccc(-c3nnc(-c4ccc(COOC)cc4)s3)cc2)cc1. The number of hydrogen-bond donors (Lipinski definition) is 0. The second-order valence-corrected chi connectivity index (χ2v) is 7.64. The van der Waals surface area contributed by atoms with Gasteiger partial charge in [-0.05, 0) is 28.7 Å². The highest BCUT2D eigenvalue weighted by Gasteiger charge is 2.09. The number of aromatic nitrogens is 2. The van der Waals surface area contributed by atoms with Crippen molar-refractivity contribution >= 4 is 11.3 Å². The maximum absolute atomic E-state index is 4.95. The minimum atomic E-state index is 0.422. The molecule has 0 unspecified atom stereocenters. The van der Waals surface area contributed by atoms with E-state index in [1.807, 2.05) is 24.3 Å². The van der Waals surface area contributed by atoms with Crippen LogP contribution in [0.5, 0.6) is 0 Å². The topological polar surface area (TPSA) is 44.2 Å². The number of aryl methyl sites for hydroxylation is 1. The number of hydrogen-bond acceptors (Lipinski definition) is 5. The van der Waals surface area contributed by atoms with Crippen LogP contribution in [0.25, 0.3) is 32.3 Å². The second kappa shape index (κ2) is 9.09. The maximum Gasteiger partial charge on any atom is 0.148 e. The molecular weight excluding hydrogens is 380 g/mol. The second-order valence-electron chi connectivity index (χ2n) is 6.67. The summed E-state index contributed by atoms with van der Waals surface area (Å²) in [6.07, 6.45) is 1.06. The predicted octanol–water partition coefficient (Wildman–Crippen LogP) is 6.18. The molecule has 0 aliphatic heterocycles. The first-order chi connectivity index (χ1) is 14.3. The summed E-state index contributed by atoms with van der Waals surface area (Å²) < 4.78 is 0. The molecule has 0 amide bonds. The van der Waals surface area contributed by atoms with Crippen LogP contribution in [0, 0.1) is 0 Å². The molecule has 0 spiro atoms. The molecule has 5 heteroatoms. The molecule has 1 aromatic heterocycles. The number of nitrogens with zero attached hydrogens (tertiary/aromatic N) is 2. The molecule has 0 aliphatic rings. The summed E-state index contributed by atoms with van der Waals surface area (Å²) in [6, 6.07) is 25.3. The van der Waals surface area contributed by atoms with Crippen molar-refractivity contribution in [3.63, 3.8) is 0 Å². The molecular formula is C24H22N2O2S. The smallest absolute Gasteiger partial charge is 0.148 e. The monoisotopic (exact) mass is 402 g/mol. The molecule has 4 aromatic rings. The van der Waals surface area contributed by atoms with Gasteiger partial charge in [0.05, 0.1) is 7.11 Å². The average molecular weight is 403 g/mol. The van der Waals surface area contributed by atoms with E-state index >= 15 is 0 Å². The third-order valence-corrected chi connectivity index (χ3v) is 5.82. The quantitative estimate of drug-likeness (QED) is 0.273. The molecule has 0 atom stereocenters. The lowest BCUT2D eigenvalue weighted by atomic mass is 10.0. The Bertz CT molecular complexity index is 1060. The van der Waals surface area contributed by atoms with E-state index < -0.39 is 0 Å². The summed E-state index contributed by atoms with van der Waals surface area (Å²) in [5.74, 6) is 0. The first-order valence-corrected chi connectivity index (χ1v) is 10.4. The molecule has 0 aliphatic carbocycles. The Morgan fingerprint density at radius 2 is 1.10 bits per heavy atom. The Balaban J connectivity index is 1.50. The molecule has 3 aromatic carbocycles. The fourth-order valence-corrected chi connectivity index (χ4v) is 3.92. The fourth-order valence-electron chi connectivity index (χ4n) is 3.07. The van der Waals surface area contributed by atoms with Crippen molar-refractivity contribution in [3.05, 3.63) is 83.9 Å². The molecule has 146 valence electrons. The van der Waals surface area contributed by atoms with Gasteiger partial charge < -0.3 is 0 Å². The molecule has 1 heterocycles. The fraction of sp³-hybridized carbons (Fsp3) is 0.167. The lowest BCUT2D eigenvalue weighted by Crippen LogP contribution is -1.90. The van der Waals surface area contributed by atoms with E-state index in [9.17, 15) is 0 Å². The molecule has 0 saturated heterocycles. The van der Waals surface area contributed by atoms with Gasteiger partial charge in [0, 0.05) is 11.1 Å². The van der Waals surface area contributed by atoms with Gasteiger partial charge in [-0.25, -0.2) is 9.78 Å².